The monoisotopic (exact) mass is 242 g/mol. The number of carbonyl (C=O) groups excluding carboxylic acids is 2. The molecule has 4 N–H and O–H groups in total. The Balaban J connectivity index is 3.36. The maximum atomic E-state index is 11.1. The number of anilines is 1. The van der Waals surface area contributed by atoms with Crippen LogP contribution in [0.4, 0.5) is 5.00 Å². The minimum absolute atomic E-state index is 0.00227. The van der Waals surface area contributed by atoms with E-state index in [0.717, 1.165) is 11.3 Å². The Hall–Kier alpha value is -1.89. The second kappa shape index (κ2) is 4.31. The van der Waals surface area contributed by atoms with E-state index in [-0.39, 0.29) is 26.9 Å². The van der Waals surface area contributed by atoms with Gasteiger partial charge in [-0.25, -0.2) is 4.79 Å². The molecule has 0 saturated carbocycles. The first-order valence-electron chi connectivity index (χ1n) is 4.28. The lowest BCUT2D eigenvalue weighted by molar-refractivity contribution is -0.114. The average molecular weight is 242 g/mol. The first-order chi connectivity index (χ1) is 7.34. The Kier molecular flexibility index (Phi) is 3.28. The van der Waals surface area contributed by atoms with Crippen LogP contribution in [0.3, 0.4) is 0 Å². The van der Waals surface area contributed by atoms with Crippen LogP contribution in [-0.4, -0.2) is 22.9 Å². The maximum Gasteiger partial charge on any atom is 0.346 e. The molecule has 0 radical (unpaired) electrons. The summed E-state index contributed by atoms with van der Waals surface area (Å²) in [6.45, 7) is 2.74. The first-order valence-corrected chi connectivity index (χ1v) is 5.10. The number of aromatic carboxylic acids is 1. The molecule has 1 rings (SSSR count). The molecule has 0 unspecified atom stereocenters. The third-order valence-corrected chi connectivity index (χ3v) is 3.07. The van der Waals surface area contributed by atoms with Gasteiger partial charge < -0.3 is 16.2 Å². The van der Waals surface area contributed by atoms with Crippen LogP contribution in [0, 0.1) is 6.92 Å². The van der Waals surface area contributed by atoms with E-state index in [0.29, 0.717) is 0 Å². The summed E-state index contributed by atoms with van der Waals surface area (Å²) in [5, 5.41) is 11.4. The molecule has 0 aliphatic rings. The van der Waals surface area contributed by atoms with Crippen molar-refractivity contribution in [2.75, 3.05) is 5.32 Å². The largest absolute Gasteiger partial charge is 0.477 e. The molecule has 0 aliphatic heterocycles. The molecule has 0 fully saturated rings. The van der Waals surface area contributed by atoms with Crippen LogP contribution in [0.1, 0.15) is 32.5 Å². The quantitative estimate of drug-likeness (QED) is 0.728. The number of carbonyl (C=O) groups is 3. The van der Waals surface area contributed by atoms with E-state index in [1.807, 2.05) is 0 Å². The standard InChI is InChI=1S/C9H10N2O4S/c1-3-5(7(10)13)8(11-4(2)12)16-6(3)9(14)15/h1-2H3,(H2,10,13)(H,11,12)(H,14,15). The zero-order valence-corrected chi connectivity index (χ0v) is 9.47. The SMILES string of the molecule is CC(=O)Nc1sc(C(=O)O)c(C)c1C(N)=O. The lowest BCUT2D eigenvalue weighted by Gasteiger charge is -2.00. The number of carboxylic acid groups (broad SMARTS) is 1. The minimum atomic E-state index is -1.15. The van der Waals surface area contributed by atoms with Crippen molar-refractivity contribution in [3.05, 3.63) is 16.0 Å². The summed E-state index contributed by atoms with van der Waals surface area (Å²) < 4.78 is 0. The number of nitrogens with one attached hydrogen (secondary N) is 1. The van der Waals surface area contributed by atoms with E-state index in [2.05, 4.69) is 5.32 Å². The fraction of sp³-hybridized carbons (Fsp3) is 0.222. The van der Waals surface area contributed by atoms with Crippen LogP contribution < -0.4 is 11.1 Å². The summed E-state index contributed by atoms with van der Waals surface area (Å²) in [6.07, 6.45) is 0. The topological polar surface area (TPSA) is 109 Å². The van der Waals surface area contributed by atoms with E-state index in [1.165, 1.54) is 13.8 Å². The summed E-state index contributed by atoms with van der Waals surface area (Å²) in [6, 6.07) is 0. The second-order valence-corrected chi connectivity index (χ2v) is 4.13. The Bertz CT molecular complexity index is 478. The number of rotatable bonds is 3. The highest BCUT2D eigenvalue weighted by Crippen LogP contribution is 2.32. The molecule has 0 aliphatic carbocycles. The number of amides is 2. The Labute approximate surface area is 95.1 Å². The van der Waals surface area contributed by atoms with E-state index >= 15 is 0 Å². The molecule has 86 valence electrons. The summed E-state index contributed by atoms with van der Waals surface area (Å²) >= 11 is 0.819. The highest BCUT2D eigenvalue weighted by Gasteiger charge is 2.23. The fourth-order valence-corrected chi connectivity index (χ4v) is 2.36. The van der Waals surface area contributed by atoms with Crippen LogP contribution >= 0.6 is 11.3 Å². The number of thiophene rings is 1. The molecular formula is C9H10N2O4S. The normalized spacial score (nSPS) is 9.88. The highest BCUT2D eigenvalue weighted by molar-refractivity contribution is 7.18. The van der Waals surface area contributed by atoms with Crippen molar-refractivity contribution < 1.29 is 19.5 Å². The van der Waals surface area contributed by atoms with E-state index in [1.54, 1.807) is 0 Å². The van der Waals surface area contributed by atoms with Crippen molar-refractivity contribution >= 4 is 34.1 Å². The lowest BCUT2D eigenvalue weighted by Crippen LogP contribution is -2.15. The summed E-state index contributed by atoms with van der Waals surface area (Å²) in [4.78, 5) is 32.9. The summed E-state index contributed by atoms with van der Waals surface area (Å²) in [5.41, 5.74) is 5.45. The highest BCUT2D eigenvalue weighted by atomic mass is 32.1. The van der Waals surface area contributed by atoms with Gasteiger partial charge in [0.2, 0.25) is 5.91 Å². The summed E-state index contributed by atoms with van der Waals surface area (Å²) in [5.74, 6) is -2.30. The fourth-order valence-electron chi connectivity index (χ4n) is 1.26. The summed E-state index contributed by atoms with van der Waals surface area (Å²) in [7, 11) is 0. The van der Waals surface area contributed by atoms with Crippen LogP contribution in [0.2, 0.25) is 0 Å². The predicted molar refractivity (Wildman–Crippen MR) is 58.8 cm³/mol. The molecule has 16 heavy (non-hydrogen) atoms. The minimum Gasteiger partial charge on any atom is -0.477 e. The third-order valence-electron chi connectivity index (χ3n) is 1.88. The molecule has 0 saturated heterocycles. The molecule has 1 heterocycles. The van der Waals surface area contributed by atoms with Crippen LogP contribution in [0.5, 0.6) is 0 Å². The van der Waals surface area contributed by atoms with Gasteiger partial charge in [0.1, 0.15) is 9.88 Å². The van der Waals surface area contributed by atoms with Gasteiger partial charge in [0, 0.05) is 6.92 Å². The van der Waals surface area contributed by atoms with Crippen LogP contribution in [-0.2, 0) is 4.79 Å². The van der Waals surface area contributed by atoms with Crippen LogP contribution in [0.25, 0.3) is 0 Å². The van der Waals surface area contributed by atoms with Gasteiger partial charge >= 0.3 is 5.97 Å². The van der Waals surface area contributed by atoms with Gasteiger partial charge in [-0.1, -0.05) is 0 Å². The van der Waals surface area contributed by atoms with Gasteiger partial charge in [-0.05, 0) is 12.5 Å². The van der Waals surface area contributed by atoms with Crippen molar-refractivity contribution in [1.82, 2.24) is 0 Å². The molecular weight excluding hydrogens is 232 g/mol. The van der Waals surface area contributed by atoms with Crippen molar-refractivity contribution in [2.24, 2.45) is 5.73 Å². The number of hydrogen-bond donors (Lipinski definition) is 3. The number of hydrogen-bond acceptors (Lipinski definition) is 4. The number of nitrogens with two attached hydrogens (primary N) is 1. The van der Waals surface area contributed by atoms with Crippen molar-refractivity contribution in [1.29, 1.82) is 0 Å². The smallest absolute Gasteiger partial charge is 0.346 e. The van der Waals surface area contributed by atoms with Crippen molar-refractivity contribution in [2.45, 2.75) is 13.8 Å². The van der Waals surface area contributed by atoms with Gasteiger partial charge in [-0.3, -0.25) is 9.59 Å². The maximum absolute atomic E-state index is 11.1. The zero-order chi connectivity index (χ0) is 12.5. The lowest BCUT2D eigenvalue weighted by atomic mass is 10.1. The van der Waals surface area contributed by atoms with Gasteiger partial charge in [0.05, 0.1) is 5.56 Å². The molecule has 1 aromatic rings. The number of carboxylic acids is 1. The average Bonchev–Trinajstić information content (AvgIpc) is 2.41. The molecule has 0 atom stereocenters. The Morgan fingerprint density at radius 3 is 2.31 bits per heavy atom. The van der Waals surface area contributed by atoms with Gasteiger partial charge in [0.25, 0.3) is 5.91 Å². The molecule has 2 amide bonds. The van der Waals surface area contributed by atoms with Crippen LogP contribution in [0.15, 0.2) is 0 Å². The van der Waals surface area contributed by atoms with Gasteiger partial charge in [-0.2, -0.15) is 0 Å². The van der Waals surface area contributed by atoms with E-state index in [4.69, 9.17) is 10.8 Å². The number of primary amides is 1. The molecule has 1 aromatic heterocycles. The Morgan fingerprint density at radius 1 is 1.38 bits per heavy atom. The van der Waals surface area contributed by atoms with Gasteiger partial charge in [0.15, 0.2) is 0 Å². The molecule has 0 aromatic carbocycles. The predicted octanol–water partition coefficient (Wildman–Crippen LogP) is 0.812. The molecule has 0 bridgehead atoms. The zero-order valence-electron chi connectivity index (χ0n) is 8.66. The second-order valence-electron chi connectivity index (χ2n) is 3.11. The van der Waals surface area contributed by atoms with Gasteiger partial charge in [-0.15, -0.1) is 11.3 Å². The first kappa shape index (κ1) is 12.2. The van der Waals surface area contributed by atoms with E-state index in [9.17, 15) is 14.4 Å². The molecule has 7 heteroatoms. The molecule has 6 nitrogen and oxygen atoms in total. The van der Waals surface area contributed by atoms with Crippen molar-refractivity contribution in [3.63, 3.8) is 0 Å². The molecule has 0 spiro atoms. The Morgan fingerprint density at radius 2 is 1.94 bits per heavy atom. The van der Waals surface area contributed by atoms with Crippen molar-refractivity contribution in [3.8, 4) is 0 Å². The van der Waals surface area contributed by atoms with E-state index < -0.39 is 11.9 Å². The third kappa shape index (κ3) is 2.19.